The number of carbonyl (C=O) groups is 1. The van der Waals surface area contributed by atoms with Crippen LogP contribution in [0.3, 0.4) is 0 Å². The van der Waals surface area contributed by atoms with Crippen molar-refractivity contribution in [3.05, 3.63) is 0 Å². The summed E-state index contributed by atoms with van der Waals surface area (Å²) in [6.45, 7) is 0. The average molecular weight is 436 g/mol. The van der Waals surface area contributed by atoms with Crippen LogP contribution < -0.4 is 0 Å². The average Bonchev–Trinajstić information content (AvgIpc) is 2.12. The van der Waals surface area contributed by atoms with Crippen LogP contribution in [0.1, 0.15) is 0 Å². The van der Waals surface area contributed by atoms with Crippen molar-refractivity contribution in [3.63, 3.8) is 0 Å². The lowest BCUT2D eigenvalue weighted by Gasteiger charge is -2.27. The van der Waals surface area contributed by atoms with Gasteiger partial charge >= 0.3 is 31.1 Å². The molecule has 0 aliphatic rings. The van der Waals surface area contributed by atoms with Crippen molar-refractivity contribution in [1.29, 1.82) is 0 Å². The van der Waals surface area contributed by atoms with Crippen molar-refractivity contribution in [3.8, 4) is 0 Å². The van der Waals surface area contributed by atoms with Crippen LogP contribution in [0.4, 0.5) is 35.1 Å². The molecule has 0 aromatic rings. The maximum atomic E-state index is 12.7. The maximum Gasteiger partial charge on any atom is 0.439 e. The fourth-order valence-corrected chi connectivity index (χ4v) is 1.28. The Bertz CT molecular complexity index is 480. The molecule has 0 aliphatic carbocycles. The summed E-state index contributed by atoms with van der Waals surface area (Å²) in [5.74, 6) is -17.4. The van der Waals surface area contributed by atoms with Crippen molar-refractivity contribution in [2.24, 2.45) is 0 Å². The van der Waals surface area contributed by atoms with E-state index in [1.807, 2.05) is 0 Å². The molecule has 0 spiro atoms. The Balaban J connectivity index is 5.92. The van der Waals surface area contributed by atoms with Gasteiger partial charge in [-0.25, -0.2) is 0 Å². The van der Waals surface area contributed by atoms with Gasteiger partial charge in [0.2, 0.25) is 0 Å². The lowest BCUT2D eigenvalue weighted by Crippen LogP contribution is -2.60. The minimum atomic E-state index is -7.00. The number of Topliss-reactive ketones (excluding diaryl/α,β-unsaturated/α-hetero) is 1. The Morgan fingerprint density at radius 3 is 1.42 bits per heavy atom. The summed E-state index contributed by atoms with van der Waals surface area (Å²) in [6, 6.07) is 0. The fourth-order valence-electron chi connectivity index (χ4n) is 0.620. The molecule has 0 saturated carbocycles. The molecule has 0 amide bonds. The van der Waals surface area contributed by atoms with Gasteiger partial charge < -0.3 is 0 Å². The molecule has 4 nitrogen and oxygen atoms in total. The van der Waals surface area contributed by atoms with Crippen molar-refractivity contribution in [1.82, 2.24) is 0 Å². The monoisotopic (exact) mass is 436 g/mol. The van der Waals surface area contributed by atoms with E-state index >= 15 is 0 Å². The molecule has 114 valence electrons. The highest BCUT2D eigenvalue weighted by Crippen LogP contribution is 2.48. The second-order valence-electron chi connectivity index (χ2n) is 2.97. The third kappa shape index (κ3) is 2.93. The van der Waals surface area contributed by atoms with Crippen molar-refractivity contribution >= 4 is 38.5 Å². The Kier molecular flexibility index (Phi) is 4.58. The van der Waals surface area contributed by atoms with Gasteiger partial charge in [-0.15, -0.1) is 0 Å². The van der Waals surface area contributed by atoms with Gasteiger partial charge in [-0.2, -0.15) is 43.5 Å². The molecule has 0 aliphatic heterocycles. The molecule has 0 aromatic carbocycles. The number of carbonyl (C=O) groups excluding carboxylic acids is 1. The van der Waals surface area contributed by atoms with Crippen molar-refractivity contribution in [2.45, 2.75) is 21.0 Å². The zero-order valence-electron chi connectivity index (χ0n) is 7.98. The summed E-state index contributed by atoms with van der Waals surface area (Å²) in [5, 5.41) is -6.69. The fraction of sp³-hybridized carbons (Fsp3) is 0.800. The summed E-state index contributed by atoms with van der Waals surface area (Å²) in [4.78, 5) is 10.4. The van der Waals surface area contributed by atoms with E-state index in [1.165, 1.54) is 0 Å². The molecule has 0 fully saturated rings. The quantitative estimate of drug-likeness (QED) is 0.311. The number of ketones is 1. The first-order chi connectivity index (χ1) is 7.90. The summed E-state index contributed by atoms with van der Waals surface area (Å²) in [7, 11) is -7.00. The minimum absolute atomic E-state index is 0.471. The number of alkyl halides is 9. The molecule has 0 saturated heterocycles. The van der Waals surface area contributed by atoms with Crippen LogP contribution in [0.25, 0.3) is 0 Å². The Morgan fingerprint density at radius 2 is 1.21 bits per heavy atom. The lowest BCUT2D eigenvalue weighted by atomic mass is 10.1. The summed E-state index contributed by atoms with van der Waals surface area (Å²) < 4.78 is 122. The Morgan fingerprint density at radius 1 is 0.895 bits per heavy atom. The highest BCUT2D eigenvalue weighted by molar-refractivity contribution is 14.1. The van der Waals surface area contributed by atoms with Crippen molar-refractivity contribution < 1.29 is 52.9 Å². The molecule has 14 heteroatoms. The molecule has 0 atom stereocenters. The van der Waals surface area contributed by atoms with Crippen LogP contribution in [0.2, 0.25) is 0 Å². The van der Waals surface area contributed by atoms with E-state index in [1.54, 1.807) is 0 Å². The van der Waals surface area contributed by atoms with Gasteiger partial charge in [-0.3, -0.25) is 9.35 Å². The molecular weight excluding hydrogens is 435 g/mol. The van der Waals surface area contributed by atoms with Gasteiger partial charge in [0.1, 0.15) is 0 Å². The molecule has 0 aromatic heterocycles. The number of rotatable bonds is 5. The largest absolute Gasteiger partial charge is 0.439 e. The maximum absolute atomic E-state index is 12.7. The topological polar surface area (TPSA) is 71.4 Å². The molecule has 0 rings (SSSR count). The molecule has 0 bridgehead atoms. The lowest BCUT2D eigenvalue weighted by molar-refractivity contribution is -0.218. The zero-order valence-corrected chi connectivity index (χ0v) is 11.0. The SMILES string of the molecule is O=C(C(F)(F)C(F)(F)I)C(F)(F)C(F)(F)S(=O)(=O)O. The summed E-state index contributed by atoms with van der Waals surface area (Å²) >= 11 is -0.471. The van der Waals surface area contributed by atoms with Crippen LogP contribution in [-0.4, -0.2) is 39.8 Å². The number of hydrogen-bond donors (Lipinski definition) is 1. The van der Waals surface area contributed by atoms with E-state index in [9.17, 15) is 48.3 Å². The number of halogens is 9. The molecular formula is C5HF8IO4S. The second kappa shape index (κ2) is 4.64. The van der Waals surface area contributed by atoms with E-state index in [-0.39, 0.29) is 0 Å². The van der Waals surface area contributed by atoms with Crippen LogP contribution in [0.5, 0.6) is 0 Å². The van der Waals surface area contributed by atoms with E-state index < -0.39 is 59.5 Å². The molecule has 19 heavy (non-hydrogen) atoms. The first kappa shape index (κ1) is 18.8. The predicted octanol–water partition coefficient (Wildman–Crippen LogP) is 2.33. The van der Waals surface area contributed by atoms with Gasteiger partial charge in [-0.1, -0.05) is 0 Å². The van der Waals surface area contributed by atoms with E-state index in [4.69, 9.17) is 4.55 Å². The highest BCUT2D eigenvalue weighted by atomic mass is 127. The van der Waals surface area contributed by atoms with Crippen LogP contribution in [0, 0.1) is 0 Å². The van der Waals surface area contributed by atoms with E-state index in [0.717, 1.165) is 0 Å². The van der Waals surface area contributed by atoms with Gasteiger partial charge in [0.15, 0.2) is 0 Å². The van der Waals surface area contributed by atoms with E-state index in [2.05, 4.69) is 0 Å². The predicted molar refractivity (Wildman–Crippen MR) is 50.4 cm³/mol. The molecule has 0 heterocycles. The summed E-state index contributed by atoms with van der Waals surface area (Å²) in [6.07, 6.45) is 0. The van der Waals surface area contributed by atoms with Crippen LogP contribution in [-0.2, 0) is 14.9 Å². The molecule has 0 unspecified atom stereocenters. The van der Waals surface area contributed by atoms with Crippen LogP contribution >= 0.6 is 22.6 Å². The Labute approximate surface area is 113 Å². The number of hydrogen-bond acceptors (Lipinski definition) is 3. The van der Waals surface area contributed by atoms with Crippen LogP contribution in [0.15, 0.2) is 0 Å². The van der Waals surface area contributed by atoms with Gasteiger partial charge in [-0.05, 0) is 0 Å². The van der Waals surface area contributed by atoms with Crippen molar-refractivity contribution in [2.75, 3.05) is 0 Å². The normalized spacial score (nSPS) is 15.5. The zero-order chi connectivity index (χ0) is 16.1. The third-order valence-electron chi connectivity index (χ3n) is 1.62. The van der Waals surface area contributed by atoms with E-state index in [0.29, 0.717) is 0 Å². The standard InChI is InChI=1S/C5HF8IO4S/c6-2(7,4(10,11)14)1(15)3(8,9)5(12,13)19(16,17)18/h(H,16,17,18). The smallest absolute Gasteiger partial charge is 0.285 e. The highest BCUT2D eigenvalue weighted by Gasteiger charge is 2.78. The van der Waals surface area contributed by atoms with Gasteiger partial charge in [0.25, 0.3) is 5.78 Å². The van der Waals surface area contributed by atoms with Gasteiger partial charge in [0.05, 0.1) is 0 Å². The molecule has 0 radical (unpaired) electrons. The summed E-state index contributed by atoms with van der Waals surface area (Å²) in [5.41, 5.74) is 0. The third-order valence-corrected chi connectivity index (χ3v) is 3.20. The first-order valence-electron chi connectivity index (χ1n) is 3.62. The second-order valence-corrected chi connectivity index (χ2v) is 5.79. The van der Waals surface area contributed by atoms with Gasteiger partial charge in [0, 0.05) is 22.6 Å². The Hall–Kier alpha value is -0.250. The minimum Gasteiger partial charge on any atom is -0.285 e. The first-order valence-corrected chi connectivity index (χ1v) is 6.14. The molecule has 1 N–H and O–H groups in total.